The van der Waals surface area contributed by atoms with E-state index in [9.17, 15) is 4.79 Å². The van der Waals surface area contributed by atoms with E-state index in [4.69, 9.17) is 0 Å². The van der Waals surface area contributed by atoms with Gasteiger partial charge in [-0.1, -0.05) is 48.5 Å². The van der Waals surface area contributed by atoms with Crippen molar-refractivity contribution in [2.45, 2.75) is 19.6 Å². The third-order valence-corrected chi connectivity index (χ3v) is 4.39. The van der Waals surface area contributed by atoms with Crippen LogP contribution in [0.3, 0.4) is 0 Å². The molecule has 4 heteroatoms. The van der Waals surface area contributed by atoms with Gasteiger partial charge in [0.05, 0.1) is 0 Å². The van der Waals surface area contributed by atoms with E-state index in [0.717, 1.165) is 28.3 Å². The number of carbonyl (C=O) groups is 1. The number of para-hydroxylation sites is 1. The number of hydrogen-bond acceptors (Lipinski definition) is 2. The molecule has 0 heterocycles. The predicted molar refractivity (Wildman–Crippen MR) is 95.5 cm³/mol. The Labute approximate surface area is 136 Å². The summed E-state index contributed by atoms with van der Waals surface area (Å²) < 4.78 is 0. The number of aryl methyl sites for hydroxylation is 2. The normalized spacial score (nSPS) is 10.3. The summed E-state index contributed by atoms with van der Waals surface area (Å²) in [5, 5.41) is 5.83. The molecule has 2 aromatic carbocycles. The summed E-state index contributed by atoms with van der Waals surface area (Å²) in [6.07, 6.45) is 0. The predicted octanol–water partition coefficient (Wildman–Crippen LogP) is 4.36. The lowest BCUT2D eigenvalue weighted by molar-refractivity contribution is 0.252. The molecule has 116 valence electrons. The van der Waals surface area contributed by atoms with Crippen molar-refractivity contribution in [1.29, 1.82) is 0 Å². The lowest BCUT2D eigenvalue weighted by Crippen LogP contribution is -2.31. The SMILES string of the molecule is Cc1cccc(C)c1NC(=O)NCCSCc1ccccc1. The molecule has 0 fully saturated rings. The number of nitrogens with one attached hydrogen (secondary N) is 2. The van der Waals surface area contributed by atoms with Crippen LogP contribution in [0.25, 0.3) is 0 Å². The van der Waals surface area contributed by atoms with Gasteiger partial charge in [-0.15, -0.1) is 0 Å². The minimum Gasteiger partial charge on any atom is -0.337 e. The van der Waals surface area contributed by atoms with Crippen LogP contribution in [0.1, 0.15) is 16.7 Å². The van der Waals surface area contributed by atoms with Gasteiger partial charge in [0.15, 0.2) is 0 Å². The first kappa shape index (κ1) is 16.4. The first-order chi connectivity index (χ1) is 10.7. The third kappa shape index (κ3) is 5.11. The van der Waals surface area contributed by atoms with Crippen molar-refractivity contribution in [2.75, 3.05) is 17.6 Å². The highest BCUT2D eigenvalue weighted by Gasteiger charge is 2.06. The van der Waals surface area contributed by atoms with E-state index in [0.29, 0.717) is 6.54 Å². The summed E-state index contributed by atoms with van der Waals surface area (Å²) in [6, 6.07) is 16.2. The molecule has 0 aliphatic heterocycles. The molecule has 0 bridgehead atoms. The minimum absolute atomic E-state index is 0.141. The molecule has 0 atom stereocenters. The number of thioether (sulfide) groups is 1. The van der Waals surface area contributed by atoms with Crippen LogP contribution < -0.4 is 10.6 Å². The van der Waals surface area contributed by atoms with Crippen LogP contribution in [0.4, 0.5) is 10.5 Å². The number of rotatable bonds is 6. The Morgan fingerprint density at radius 2 is 1.68 bits per heavy atom. The van der Waals surface area contributed by atoms with Crippen molar-refractivity contribution in [2.24, 2.45) is 0 Å². The summed E-state index contributed by atoms with van der Waals surface area (Å²) in [4.78, 5) is 11.9. The summed E-state index contributed by atoms with van der Waals surface area (Å²) >= 11 is 1.82. The Kier molecular flexibility index (Phi) is 6.34. The van der Waals surface area contributed by atoms with Crippen molar-refractivity contribution in [3.63, 3.8) is 0 Å². The molecule has 0 spiro atoms. The molecular weight excluding hydrogens is 292 g/mol. The zero-order valence-corrected chi connectivity index (χ0v) is 13.9. The molecule has 0 aliphatic rings. The second-order valence-corrected chi connectivity index (χ2v) is 6.29. The van der Waals surface area contributed by atoms with Crippen LogP contribution in [0, 0.1) is 13.8 Å². The van der Waals surface area contributed by atoms with Crippen molar-refractivity contribution in [3.8, 4) is 0 Å². The third-order valence-electron chi connectivity index (χ3n) is 3.36. The van der Waals surface area contributed by atoms with Crippen LogP contribution in [-0.2, 0) is 5.75 Å². The average Bonchev–Trinajstić information content (AvgIpc) is 2.52. The molecule has 2 rings (SSSR count). The molecular formula is C18H22N2OS. The number of carbonyl (C=O) groups excluding carboxylic acids is 1. The van der Waals surface area contributed by atoms with Gasteiger partial charge in [-0.3, -0.25) is 0 Å². The Bertz CT molecular complexity index is 593. The first-order valence-electron chi connectivity index (χ1n) is 7.39. The lowest BCUT2D eigenvalue weighted by atomic mass is 10.1. The van der Waals surface area contributed by atoms with Crippen LogP contribution in [0.5, 0.6) is 0 Å². The monoisotopic (exact) mass is 314 g/mol. The average molecular weight is 314 g/mol. The number of urea groups is 1. The highest BCUT2D eigenvalue weighted by Crippen LogP contribution is 2.19. The molecule has 0 saturated carbocycles. The number of benzene rings is 2. The van der Waals surface area contributed by atoms with E-state index in [1.165, 1.54) is 5.56 Å². The first-order valence-corrected chi connectivity index (χ1v) is 8.55. The molecule has 0 aromatic heterocycles. The number of anilines is 1. The smallest absolute Gasteiger partial charge is 0.319 e. The molecule has 0 radical (unpaired) electrons. The van der Waals surface area contributed by atoms with Crippen molar-refractivity contribution in [1.82, 2.24) is 5.32 Å². The lowest BCUT2D eigenvalue weighted by Gasteiger charge is -2.12. The van der Waals surface area contributed by atoms with E-state index in [1.54, 1.807) is 0 Å². The van der Waals surface area contributed by atoms with Gasteiger partial charge in [0, 0.05) is 23.7 Å². The highest BCUT2D eigenvalue weighted by atomic mass is 32.2. The molecule has 22 heavy (non-hydrogen) atoms. The van der Waals surface area contributed by atoms with Crippen molar-refractivity contribution >= 4 is 23.5 Å². The van der Waals surface area contributed by atoms with Crippen molar-refractivity contribution in [3.05, 3.63) is 65.2 Å². The molecule has 2 aromatic rings. The fourth-order valence-electron chi connectivity index (χ4n) is 2.17. The van der Waals surface area contributed by atoms with Gasteiger partial charge in [0.1, 0.15) is 0 Å². The van der Waals surface area contributed by atoms with E-state index >= 15 is 0 Å². The Morgan fingerprint density at radius 3 is 2.36 bits per heavy atom. The van der Waals surface area contributed by atoms with E-state index in [2.05, 4.69) is 22.8 Å². The topological polar surface area (TPSA) is 41.1 Å². The van der Waals surface area contributed by atoms with Crippen LogP contribution in [-0.4, -0.2) is 18.3 Å². The molecule has 2 N–H and O–H groups in total. The maximum absolute atomic E-state index is 11.9. The van der Waals surface area contributed by atoms with Gasteiger partial charge in [-0.25, -0.2) is 4.79 Å². The van der Waals surface area contributed by atoms with Gasteiger partial charge in [-0.2, -0.15) is 11.8 Å². The maximum atomic E-state index is 11.9. The fourth-order valence-corrected chi connectivity index (χ4v) is 2.99. The standard InChI is InChI=1S/C18H22N2OS/c1-14-7-6-8-15(2)17(14)20-18(21)19-11-12-22-13-16-9-4-3-5-10-16/h3-10H,11-13H2,1-2H3,(H2,19,20,21). The molecule has 0 unspecified atom stereocenters. The summed E-state index contributed by atoms with van der Waals surface area (Å²) in [5.74, 6) is 1.87. The van der Waals surface area contributed by atoms with E-state index in [1.807, 2.05) is 62.0 Å². The maximum Gasteiger partial charge on any atom is 0.319 e. The molecule has 0 saturated heterocycles. The second kappa shape index (κ2) is 8.49. The van der Waals surface area contributed by atoms with E-state index < -0.39 is 0 Å². The zero-order chi connectivity index (χ0) is 15.8. The number of hydrogen-bond donors (Lipinski definition) is 2. The second-order valence-electron chi connectivity index (χ2n) is 5.19. The van der Waals surface area contributed by atoms with Crippen LogP contribution >= 0.6 is 11.8 Å². The van der Waals surface area contributed by atoms with E-state index in [-0.39, 0.29) is 6.03 Å². The highest BCUT2D eigenvalue weighted by molar-refractivity contribution is 7.98. The van der Waals surface area contributed by atoms with Crippen molar-refractivity contribution < 1.29 is 4.79 Å². The van der Waals surface area contributed by atoms with Gasteiger partial charge in [0.25, 0.3) is 0 Å². The minimum atomic E-state index is -0.141. The van der Waals surface area contributed by atoms with Gasteiger partial charge >= 0.3 is 6.03 Å². The summed E-state index contributed by atoms with van der Waals surface area (Å²) in [6.45, 7) is 4.66. The van der Waals surface area contributed by atoms with Gasteiger partial charge in [0.2, 0.25) is 0 Å². The van der Waals surface area contributed by atoms with Gasteiger partial charge < -0.3 is 10.6 Å². The van der Waals surface area contributed by atoms with Gasteiger partial charge in [-0.05, 0) is 30.5 Å². The van der Waals surface area contributed by atoms with Crippen LogP contribution in [0.2, 0.25) is 0 Å². The Hall–Kier alpha value is -1.94. The fraction of sp³-hybridized carbons (Fsp3) is 0.278. The molecule has 0 aliphatic carbocycles. The Morgan fingerprint density at radius 1 is 1.00 bits per heavy atom. The molecule has 2 amide bonds. The Balaban J connectivity index is 1.68. The largest absolute Gasteiger partial charge is 0.337 e. The summed E-state index contributed by atoms with van der Waals surface area (Å²) in [5.41, 5.74) is 4.37. The quantitative estimate of drug-likeness (QED) is 0.778. The zero-order valence-electron chi connectivity index (χ0n) is 13.1. The number of amides is 2. The summed E-state index contributed by atoms with van der Waals surface area (Å²) in [7, 11) is 0. The molecule has 3 nitrogen and oxygen atoms in total. The van der Waals surface area contributed by atoms with Crippen LogP contribution in [0.15, 0.2) is 48.5 Å².